The van der Waals surface area contributed by atoms with Crippen molar-refractivity contribution in [2.75, 3.05) is 18.9 Å². The molecule has 94 valence electrons. The molecule has 3 heteroatoms. The number of rotatable bonds is 3. The first kappa shape index (κ1) is 13.6. The summed E-state index contributed by atoms with van der Waals surface area (Å²) in [5.41, 5.74) is 2.75. The molecule has 0 heterocycles. The number of hydrogen-bond donors (Lipinski definition) is 2. The van der Waals surface area contributed by atoms with Crippen molar-refractivity contribution in [3.63, 3.8) is 0 Å². The van der Waals surface area contributed by atoms with Crippen molar-refractivity contribution in [3.05, 3.63) is 29.3 Å². The maximum absolute atomic E-state index is 12.1. The fraction of sp³-hybridized carbons (Fsp3) is 0.500. The van der Waals surface area contributed by atoms with Gasteiger partial charge in [0, 0.05) is 19.3 Å². The van der Waals surface area contributed by atoms with Gasteiger partial charge in [0.25, 0.3) is 5.91 Å². The first-order valence-electron chi connectivity index (χ1n) is 5.90. The zero-order valence-electron chi connectivity index (χ0n) is 11.3. The van der Waals surface area contributed by atoms with Crippen molar-refractivity contribution in [3.8, 4) is 0 Å². The molecule has 0 radical (unpaired) electrons. The lowest BCUT2D eigenvalue weighted by atomic mass is 9.97. The zero-order valence-corrected chi connectivity index (χ0v) is 11.3. The Morgan fingerprint density at radius 1 is 1.29 bits per heavy atom. The Labute approximate surface area is 104 Å². The molecule has 2 N–H and O–H groups in total. The van der Waals surface area contributed by atoms with E-state index in [-0.39, 0.29) is 11.3 Å². The number of aryl methyl sites for hydroxylation is 1. The average Bonchev–Trinajstić information content (AvgIpc) is 2.25. The molecule has 1 aromatic carbocycles. The van der Waals surface area contributed by atoms with E-state index in [0.717, 1.165) is 11.3 Å². The summed E-state index contributed by atoms with van der Waals surface area (Å²) in [6, 6.07) is 5.83. The van der Waals surface area contributed by atoms with Crippen LogP contribution < -0.4 is 10.6 Å². The van der Waals surface area contributed by atoms with Gasteiger partial charge >= 0.3 is 0 Å². The molecule has 0 spiro atoms. The van der Waals surface area contributed by atoms with Crippen molar-refractivity contribution in [1.82, 2.24) is 5.32 Å². The van der Waals surface area contributed by atoms with Crippen LogP contribution in [0.1, 0.15) is 36.7 Å². The molecule has 0 aromatic heterocycles. The average molecular weight is 234 g/mol. The minimum absolute atomic E-state index is 0.0204. The lowest BCUT2D eigenvalue weighted by Crippen LogP contribution is -2.32. The Kier molecular flexibility index (Phi) is 4.16. The molecule has 1 rings (SSSR count). The van der Waals surface area contributed by atoms with Crippen molar-refractivity contribution in [2.45, 2.75) is 27.7 Å². The van der Waals surface area contributed by atoms with Crippen molar-refractivity contribution >= 4 is 11.6 Å². The van der Waals surface area contributed by atoms with Crippen LogP contribution in [-0.4, -0.2) is 19.5 Å². The normalized spacial score (nSPS) is 11.1. The van der Waals surface area contributed by atoms with E-state index in [1.165, 1.54) is 0 Å². The number of nitrogens with one attached hydrogen (secondary N) is 2. The standard InChI is InChI=1S/C14H22N2O/c1-10-6-7-12(15-5)11(8-10)13(17)16-9-14(2,3)4/h6-8,15H,9H2,1-5H3,(H,16,17). The summed E-state index contributed by atoms with van der Waals surface area (Å²) in [5, 5.41) is 6.00. The van der Waals surface area contributed by atoms with Gasteiger partial charge in [-0.3, -0.25) is 4.79 Å². The minimum atomic E-state index is -0.0204. The van der Waals surface area contributed by atoms with Crippen LogP contribution in [0, 0.1) is 12.3 Å². The summed E-state index contributed by atoms with van der Waals surface area (Å²) < 4.78 is 0. The first-order chi connectivity index (χ1) is 7.83. The highest BCUT2D eigenvalue weighted by Crippen LogP contribution is 2.17. The van der Waals surface area contributed by atoms with E-state index < -0.39 is 0 Å². The lowest BCUT2D eigenvalue weighted by Gasteiger charge is -2.19. The van der Waals surface area contributed by atoms with E-state index in [1.807, 2.05) is 32.2 Å². The maximum Gasteiger partial charge on any atom is 0.253 e. The molecule has 0 unspecified atom stereocenters. The van der Waals surface area contributed by atoms with Gasteiger partial charge in [-0.25, -0.2) is 0 Å². The van der Waals surface area contributed by atoms with Gasteiger partial charge in [0.15, 0.2) is 0 Å². The molecule has 0 fully saturated rings. The molecule has 0 aliphatic carbocycles. The minimum Gasteiger partial charge on any atom is -0.387 e. The smallest absolute Gasteiger partial charge is 0.253 e. The predicted molar refractivity (Wildman–Crippen MR) is 72.5 cm³/mol. The van der Waals surface area contributed by atoms with Crippen LogP contribution in [0.4, 0.5) is 5.69 Å². The maximum atomic E-state index is 12.1. The monoisotopic (exact) mass is 234 g/mol. The molecule has 0 aliphatic rings. The third kappa shape index (κ3) is 4.10. The van der Waals surface area contributed by atoms with Gasteiger partial charge in [-0.2, -0.15) is 0 Å². The number of hydrogen-bond acceptors (Lipinski definition) is 2. The van der Waals surface area contributed by atoms with Crippen molar-refractivity contribution in [1.29, 1.82) is 0 Å². The molecule has 0 bridgehead atoms. The molecule has 17 heavy (non-hydrogen) atoms. The summed E-state index contributed by atoms with van der Waals surface area (Å²) >= 11 is 0. The van der Waals surface area contributed by atoms with Gasteiger partial charge in [0.2, 0.25) is 0 Å². The van der Waals surface area contributed by atoms with E-state index in [1.54, 1.807) is 0 Å². The third-order valence-corrected chi connectivity index (χ3v) is 2.47. The summed E-state index contributed by atoms with van der Waals surface area (Å²) in [6.07, 6.45) is 0. The second kappa shape index (κ2) is 5.21. The van der Waals surface area contributed by atoms with Crippen LogP contribution in [0.15, 0.2) is 18.2 Å². The highest BCUT2D eigenvalue weighted by Gasteiger charge is 2.15. The molecule has 3 nitrogen and oxygen atoms in total. The number of amides is 1. The van der Waals surface area contributed by atoms with Crippen molar-refractivity contribution in [2.24, 2.45) is 5.41 Å². The summed E-state index contributed by atoms with van der Waals surface area (Å²) in [6.45, 7) is 8.95. The zero-order chi connectivity index (χ0) is 13.1. The molecule has 1 aromatic rings. The van der Waals surface area contributed by atoms with E-state index >= 15 is 0 Å². The second-order valence-electron chi connectivity index (χ2n) is 5.54. The lowest BCUT2D eigenvalue weighted by molar-refractivity contribution is 0.0940. The van der Waals surface area contributed by atoms with E-state index in [9.17, 15) is 4.79 Å². The number of carbonyl (C=O) groups excluding carboxylic acids is 1. The molecular formula is C14H22N2O. The number of carbonyl (C=O) groups is 1. The molecule has 0 aliphatic heterocycles. The van der Waals surface area contributed by atoms with Crippen LogP contribution in [-0.2, 0) is 0 Å². The largest absolute Gasteiger partial charge is 0.387 e. The van der Waals surface area contributed by atoms with E-state index in [0.29, 0.717) is 12.1 Å². The molecular weight excluding hydrogens is 212 g/mol. The van der Waals surface area contributed by atoms with Gasteiger partial charge in [-0.15, -0.1) is 0 Å². The Morgan fingerprint density at radius 2 is 1.94 bits per heavy atom. The Balaban J connectivity index is 2.84. The predicted octanol–water partition coefficient (Wildman–Crippen LogP) is 2.81. The van der Waals surface area contributed by atoms with E-state index in [4.69, 9.17) is 0 Å². The summed E-state index contributed by atoms with van der Waals surface area (Å²) in [5.74, 6) is -0.0204. The van der Waals surface area contributed by atoms with Crippen LogP contribution in [0.2, 0.25) is 0 Å². The summed E-state index contributed by atoms with van der Waals surface area (Å²) in [4.78, 5) is 12.1. The van der Waals surface area contributed by atoms with E-state index in [2.05, 4.69) is 31.4 Å². The SMILES string of the molecule is CNc1ccc(C)cc1C(=O)NCC(C)(C)C. The Hall–Kier alpha value is -1.51. The van der Waals surface area contributed by atoms with Gasteiger partial charge < -0.3 is 10.6 Å². The van der Waals surface area contributed by atoms with Gasteiger partial charge in [0.05, 0.1) is 5.56 Å². The topological polar surface area (TPSA) is 41.1 Å². The Morgan fingerprint density at radius 3 is 2.47 bits per heavy atom. The van der Waals surface area contributed by atoms with Crippen molar-refractivity contribution < 1.29 is 4.79 Å². The van der Waals surface area contributed by atoms with Crippen LogP contribution in [0.3, 0.4) is 0 Å². The molecule has 0 saturated heterocycles. The quantitative estimate of drug-likeness (QED) is 0.844. The number of anilines is 1. The van der Waals surface area contributed by atoms with Gasteiger partial charge in [0.1, 0.15) is 0 Å². The summed E-state index contributed by atoms with van der Waals surface area (Å²) in [7, 11) is 1.82. The van der Waals surface area contributed by atoms with Crippen LogP contribution in [0.25, 0.3) is 0 Å². The number of benzene rings is 1. The van der Waals surface area contributed by atoms with Crippen LogP contribution >= 0.6 is 0 Å². The Bertz CT molecular complexity index is 405. The first-order valence-corrected chi connectivity index (χ1v) is 5.90. The molecule has 0 atom stereocenters. The highest BCUT2D eigenvalue weighted by molar-refractivity contribution is 5.99. The van der Waals surface area contributed by atoms with Gasteiger partial charge in [-0.1, -0.05) is 32.4 Å². The second-order valence-corrected chi connectivity index (χ2v) is 5.54. The molecule has 1 amide bonds. The molecule has 0 saturated carbocycles. The fourth-order valence-corrected chi connectivity index (χ4v) is 1.50. The fourth-order valence-electron chi connectivity index (χ4n) is 1.50. The third-order valence-electron chi connectivity index (χ3n) is 2.47. The van der Waals surface area contributed by atoms with Crippen LogP contribution in [0.5, 0.6) is 0 Å². The highest BCUT2D eigenvalue weighted by atomic mass is 16.1. The van der Waals surface area contributed by atoms with Gasteiger partial charge in [-0.05, 0) is 24.5 Å².